The quantitative estimate of drug-likeness (QED) is 0.927. The standard InChI is InChI=1S/C13H19NO5S/c1-13(2,3)19-12(15)14-10-8-9(20(5,16)17)6-7-11(10)18-4/h6-8H,1-5H3,(H,14,15). The molecule has 6 nitrogen and oxygen atoms in total. The first-order valence-corrected chi connectivity index (χ1v) is 7.80. The molecule has 0 unspecified atom stereocenters. The lowest BCUT2D eigenvalue weighted by atomic mass is 10.2. The van der Waals surface area contributed by atoms with E-state index in [2.05, 4.69) is 5.32 Å². The number of methoxy groups -OCH3 is 1. The van der Waals surface area contributed by atoms with E-state index in [4.69, 9.17) is 9.47 Å². The van der Waals surface area contributed by atoms with Gasteiger partial charge in [0.15, 0.2) is 9.84 Å². The first-order chi connectivity index (χ1) is 9.03. The van der Waals surface area contributed by atoms with Crippen molar-refractivity contribution in [3.05, 3.63) is 18.2 Å². The van der Waals surface area contributed by atoms with Crippen LogP contribution < -0.4 is 10.1 Å². The summed E-state index contributed by atoms with van der Waals surface area (Å²) in [5, 5.41) is 2.48. The van der Waals surface area contributed by atoms with E-state index in [1.165, 1.54) is 25.3 Å². The molecular weight excluding hydrogens is 282 g/mol. The topological polar surface area (TPSA) is 81.7 Å². The second-order valence-electron chi connectivity index (χ2n) is 5.26. The maximum absolute atomic E-state index is 11.7. The molecule has 0 saturated carbocycles. The second kappa shape index (κ2) is 5.70. The van der Waals surface area contributed by atoms with E-state index in [0.717, 1.165) is 6.26 Å². The molecule has 7 heteroatoms. The number of amides is 1. The summed E-state index contributed by atoms with van der Waals surface area (Å²) in [5.41, 5.74) is -0.407. The summed E-state index contributed by atoms with van der Waals surface area (Å²) < 4.78 is 33.2. The minimum Gasteiger partial charge on any atom is -0.495 e. The Morgan fingerprint density at radius 3 is 2.30 bits per heavy atom. The Hall–Kier alpha value is -1.76. The van der Waals surface area contributed by atoms with Crippen LogP contribution in [0.3, 0.4) is 0 Å². The van der Waals surface area contributed by atoms with Gasteiger partial charge < -0.3 is 9.47 Å². The van der Waals surface area contributed by atoms with Crippen molar-refractivity contribution in [2.45, 2.75) is 31.3 Å². The average molecular weight is 301 g/mol. The molecule has 0 spiro atoms. The summed E-state index contributed by atoms with van der Waals surface area (Å²) in [6, 6.07) is 4.22. The molecule has 0 aromatic heterocycles. The third-order valence-corrected chi connectivity index (χ3v) is 3.34. The van der Waals surface area contributed by atoms with Crippen LogP contribution in [0.4, 0.5) is 10.5 Å². The number of nitrogens with one attached hydrogen (secondary N) is 1. The van der Waals surface area contributed by atoms with Gasteiger partial charge in [0.05, 0.1) is 17.7 Å². The van der Waals surface area contributed by atoms with Crippen LogP contribution in [0.2, 0.25) is 0 Å². The van der Waals surface area contributed by atoms with Gasteiger partial charge in [-0.15, -0.1) is 0 Å². The SMILES string of the molecule is COc1ccc(S(C)(=O)=O)cc1NC(=O)OC(C)(C)C. The third kappa shape index (κ3) is 4.73. The van der Waals surface area contributed by atoms with Gasteiger partial charge in [-0.25, -0.2) is 13.2 Å². The number of sulfone groups is 1. The van der Waals surface area contributed by atoms with Crippen LogP contribution in [0.15, 0.2) is 23.1 Å². The van der Waals surface area contributed by atoms with Crippen LogP contribution in [-0.4, -0.2) is 33.5 Å². The Balaban J connectivity index is 3.07. The normalized spacial score (nSPS) is 11.8. The van der Waals surface area contributed by atoms with E-state index >= 15 is 0 Å². The van der Waals surface area contributed by atoms with E-state index in [1.807, 2.05) is 0 Å². The largest absolute Gasteiger partial charge is 0.495 e. The third-order valence-electron chi connectivity index (χ3n) is 2.23. The highest BCUT2D eigenvalue weighted by atomic mass is 32.2. The van der Waals surface area contributed by atoms with Crippen molar-refractivity contribution in [1.29, 1.82) is 0 Å². The van der Waals surface area contributed by atoms with Crippen LogP contribution in [-0.2, 0) is 14.6 Å². The summed E-state index contributed by atoms with van der Waals surface area (Å²) >= 11 is 0. The van der Waals surface area contributed by atoms with Crippen molar-refractivity contribution in [1.82, 2.24) is 0 Å². The van der Waals surface area contributed by atoms with Crippen molar-refractivity contribution in [3.8, 4) is 5.75 Å². The lowest BCUT2D eigenvalue weighted by Crippen LogP contribution is -2.27. The van der Waals surface area contributed by atoms with Gasteiger partial charge in [0.1, 0.15) is 11.4 Å². The van der Waals surface area contributed by atoms with Crippen molar-refractivity contribution in [2.24, 2.45) is 0 Å². The highest BCUT2D eigenvalue weighted by Crippen LogP contribution is 2.28. The molecule has 0 aliphatic rings. The van der Waals surface area contributed by atoms with Gasteiger partial charge in [-0.3, -0.25) is 5.32 Å². The molecule has 1 aromatic rings. The van der Waals surface area contributed by atoms with Crippen LogP contribution in [0.1, 0.15) is 20.8 Å². The Bertz CT molecular complexity index is 602. The molecule has 20 heavy (non-hydrogen) atoms. The first-order valence-electron chi connectivity index (χ1n) is 5.91. The molecular formula is C13H19NO5S. The maximum Gasteiger partial charge on any atom is 0.412 e. The maximum atomic E-state index is 11.7. The Morgan fingerprint density at radius 1 is 1.25 bits per heavy atom. The van der Waals surface area contributed by atoms with Gasteiger partial charge in [-0.05, 0) is 39.0 Å². The minimum absolute atomic E-state index is 0.0874. The summed E-state index contributed by atoms with van der Waals surface area (Å²) in [6.07, 6.45) is 0.410. The molecule has 0 atom stereocenters. The summed E-state index contributed by atoms with van der Waals surface area (Å²) in [6.45, 7) is 5.20. The zero-order valence-corrected chi connectivity index (χ0v) is 13.0. The molecule has 0 heterocycles. The number of hydrogen-bond donors (Lipinski definition) is 1. The predicted molar refractivity (Wildman–Crippen MR) is 76.0 cm³/mol. The first kappa shape index (κ1) is 16.3. The Labute approximate surface area is 119 Å². The van der Waals surface area contributed by atoms with Crippen molar-refractivity contribution in [2.75, 3.05) is 18.7 Å². The number of benzene rings is 1. The van der Waals surface area contributed by atoms with Crippen molar-refractivity contribution < 1.29 is 22.7 Å². The average Bonchev–Trinajstić information content (AvgIpc) is 2.24. The predicted octanol–water partition coefficient (Wildman–Crippen LogP) is 2.45. The number of carbonyl (C=O) groups excluding carboxylic acids is 1. The van der Waals surface area contributed by atoms with E-state index in [0.29, 0.717) is 5.75 Å². The summed E-state index contributed by atoms with van der Waals surface area (Å²) in [4.78, 5) is 11.8. The molecule has 0 fully saturated rings. The van der Waals surface area contributed by atoms with Crippen molar-refractivity contribution in [3.63, 3.8) is 0 Å². The highest BCUT2D eigenvalue weighted by molar-refractivity contribution is 7.90. The smallest absolute Gasteiger partial charge is 0.412 e. The molecule has 0 aliphatic heterocycles. The van der Waals surface area contributed by atoms with Crippen LogP contribution in [0, 0.1) is 0 Å². The molecule has 0 saturated heterocycles. The summed E-state index contributed by atoms with van der Waals surface area (Å²) in [7, 11) is -1.94. The summed E-state index contributed by atoms with van der Waals surface area (Å²) in [5.74, 6) is 0.350. The molecule has 1 rings (SSSR count). The number of anilines is 1. The molecule has 0 bridgehead atoms. The number of hydrogen-bond acceptors (Lipinski definition) is 5. The zero-order valence-electron chi connectivity index (χ0n) is 12.2. The van der Waals surface area contributed by atoms with E-state index < -0.39 is 21.5 Å². The highest BCUT2D eigenvalue weighted by Gasteiger charge is 2.18. The molecule has 1 amide bonds. The van der Waals surface area contributed by atoms with E-state index in [1.54, 1.807) is 20.8 Å². The fraction of sp³-hybridized carbons (Fsp3) is 0.462. The van der Waals surface area contributed by atoms with Crippen LogP contribution >= 0.6 is 0 Å². The van der Waals surface area contributed by atoms with E-state index in [9.17, 15) is 13.2 Å². The van der Waals surface area contributed by atoms with Crippen molar-refractivity contribution >= 4 is 21.6 Å². The molecule has 1 aromatic carbocycles. The molecule has 0 aliphatic carbocycles. The Kier molecular flexibility index (Phi) is 4.65. The number of carbonyl (C=O) groups is 1. The van der Waals surface area contributed by atoms with Gasteiger partial charge in [-0.1, -0.05) is 0 Å². The van der Waals surface area contributed by atoms with Gasteiger partial charge in [0.25, 0.3) is 0 Å². The monoisotopic (exact) mass is 301 g/mol. The van der Waals surface area contributed by atoms with Crippen LogP contribution in [0.25, 0.3) is 0 Å². The number of rotatable bonds is 3. The lowest BCUT2D eigenvalue weighted by Gasteiger charge is -2.20. The molecule has 112 valence electrons. The fourth-order valence-electron chi connectivity index (χ4n) is 1.43. The Morgan fingerprint density at radius 2 is 1.85 bits per heavy atom. The lowest BCUT2D eigenvalue weighted by molar-refractivity contribution is 0.0635. The van der Waals surface area contributed by atoms with Crippen LogP contribution in [0.5, 0.6) is 5.75 Å². The number of ether oxygens (including phenoxy) is 2. The zero-order chi connectivity index (χ0) is 15.6. The second-order valence-corrected chi connectivity index (χ2v) is 7.28. The molecule has 1 N–H and O–H groups in total. The van der Waals surface area contributed by atoms with Gasteiger partial charge in [-0.2, -0.15) is 0 Å². The van der Waals surface area contributed by atoms with Gasteiger partial charge in [0, 0.05) is 6.26 Å². The van der Waals surface area contributed by atoms with Gasteiger partial charge in [0.2, 0.25) is 0 Å². The fourth-order valence-corrected chi connectivity index (χ4v) is 2.08. The van der Waals surface area contributed by atoms with Gasteiger partial charge >= 0.3 is 6.09 Å². The van der Waals surface area contributed by atoms with E-state index in [-0.39, 0.29) is 10.6 Å². The minimum atomic E-state index is -3.37. The molecule has 0 radical (unpaired) electrons.